The van der Waals surface area contributed by atoms with Gasteiger partial charge in [0.2, 0.25) is 5.91 Å². The van der Waals surface area contributed by atoms with Gasteiger partial charge in [-0.25, -0.2) is 9.67 Å². The summed E-state index contributed by atoms with van der Waals surface area (Å²) in [5, 5.41) is 8.26. The number of ether oxygens (including phenoxy) is 1. The van der Waals surface area contributed by atoms with Crippen LogP contribution in [0.5, 0.6) is 0 Å². The van der Waals surface area contributed by atoms with Crippen LogP contribution in [0.4, 0.5) is 5.82 Å². The summed E-state index contributed by atoms with van der Waals surface area (Å²) in [6, 6.07) is 10.3. The van der Waals surface area contributed by atoms with Crippen molar-refractivity contribution in [1.82, 2.24) is 19.3 Å². The van der Waals surface area contributed by atoms with Gasteiger partial charge in [0.1, 0.15) is 5.82 Å². The molecule has 4 rings (SSSR count). The van der Waals surface area contributed by atoms with Gasteiger partial charge in [0.25, 0.3) is 0 Å². The molecule has 0 bridgehead atoms. The molecule has 1 amide bonds. The van der Waals surface area contributed by atoms with Crippen molar-refractivity contribution in [3.05, 3.63) is 36.5 Å². The molecule has 0 saturated heterocycles. The number of thioether (sulfide) groups is 1. The third kappa shape index (κ3) is 4.07. The minimum Gasteiger partial charge on any atom is -0.383 e. The summed E-state index contributed by atoms with van der Waals surface area (Å²) < 4.78 is 9.30. The maximum absolute atomic E-state index is 12.6. The Morgan fingerprint density at radius 2 is 2.11 bits per heavy atom. The average Bonchev–Trinajstić information content (AvgIpc) is 3.44. The standard InChI is InChI=1S/C20H25N5O2S/c1-27-13-12-24-17-9-5-4-8-16(17)22-20(24)28-14-19(26)23-18-10-11-21-25(18)15-6-2-3-7-15/h4-5,8-11,15H,2-3,6-7,12-14H2,1H3,(H,23,26). The summed E-state index contributed by atoms with van der Waals surface area (Å²) in [6.07, 6.45) is 6.47. The second-order valence-corrected chi connectivity index (χ2v) is 7.91. The summed E-state index contributed by atoms with van der Waals surface area (Å²) in [4.78, 5) is 17.2. The largest absolute Gasteiger partial charge is 0.383 e. The van der Waals surface area contributed by atoms with Gasteiger partial charge < -0.3 is 14.6 Å². The number of rotatable bonds is 8. The lowest BCUT2D eigenvalue weighted by atomic mass is 10.2. The molecule has 2 aromatic heterocycles. The van der Waals surface area contributed by atoms with Gasteiger partial charge >= 0.3 is 0 Å². The van der Waals surface area contributed by atoms with Crippen molar-refractivity contribution < 1.29 is 9.53 Å². The van der Waals surface area contributed by atoms with Gasteiger partial charge in [-0.15, -0.1) is 0 Å². The van der Waals surface area contributed by atoms with Gasteiger partial charge in [0, 0.05) is 19.7 Å². The van der Waals surface area contributed by atoms with Crippen molar-refractivity contribution in [2.24, 2.45) is 0 Å². The van der Waals surface area contributed by atoms with Gasteiger partial charge in [-0.2, -0.15) is 5.10 Å². The summed E-state index contributed by atoms with van der Waals surface area (Å²) in [7, 11) is 1.69. The Labute approximate surface area is 168 Å². The Hall–Kier alpha value is -2.32. The summed E-state index contributed by atoms with van der Waals surface area (Å²) >= 11 is 1.45. The van der Waals surface area contributed by atoms with E-state index in [2.05, 4.69) is 20.0 Å². The number of benzene rings is 1. The van der Waals surface area contributed by atoms with Crippen LogP contribution in [0.25, 0.3) is 11.0 Å². The number of anilines is 1. The van der Waals surface area contributed by atoms with Crippen molar-refractivity contribution in [3.8, 4) is 0 Å². The van der Waals surface area contributed by atoms with Gasteiger partial charge in [-0.05, 0) is 25.0 Å². The highest BCUT2D eigenvalue weighted by atomic mass is 32.2. The molecule has 3 aromatic rings. The highest BCUT2D eigenvalue weighted by Gasteiger charge is 2.21. The number of carbonyl (C=O) groups excluding carboxylic acids is 1. The fraction of sp³-hybridized carbons (Fsp3) is 0.450. The number of nitrogens with zero attached hydrogens (tertiary/aromatic N) is 4. The maximum atomic E-state index is 12.6. The van der Waals surface area contributed by atoms with Crippen LogP contribution in [0.15, 0.2) is 41.7 Å². The quantitative estimate of drug-likeness (QED) is 0.584. The molecule has 7 nitrogen and oxygen atoms in total. The zero-order valence-corrected chi connectivity index (χ0v) is 16.8. The van der Waals surface area contributed by atoms with Gasteiger partial charge in [0.15, 0.2) is 5.16 Å². The maximum Gasteiger partial charge on any atom is 0.235 e. The molecule has 0 aliphatic heterocycles. The Balaban J connectivity index is 1.43. The summed E-state index contributed by atoms with van der Waals surface area (Å²) in [5.41, 5.74) is 1.99. The van der Waals surface area contributed by atoms with Crippen LogP contribution in [0.1, 0.15) is 31.7 Å². The lowest BCUT2D eigenvalue weighted by Crippen LogP contribution is -2.19. The van der Waals surface area contributed by atoms with E-state index >= 15 is 0 Å². The fourth-order valence-electron chi connectivity index (χ4n) is 3.72. The SMILES string of the molecule is COCCn1c(SCC(=O)Nc2ccnn2C2CCCC2)nc2ccccc21. The molecular formula is C20H25N5O2S. The molecule has 148 valence electrons. The van der Waals surface area contributed by atoms with Gasteiger partial charge in [0.05, 0.1) is 35.6 Å². The van der Waals surface area contributed by atoms with Gasteiger partial charge in [-0.1, -0.05) is 36.7 Å². The van der Waals surface area contributed by atoms with E-state index in [4.69, 9.17) is 4.74 Å². The number of para-hydroxylation sites is 2. The van der Waals surface area contributed by atoms with Crippen molar-refractivity contribution in [1.29, 1.82) is 0 Å². The second kappa shape index (κ2) is 8.79. The van der Waals surface area contributed by atoms with Crippen LogP contribution in [0.2, 0.25) is 0 Å². The molecule has 0 radical (unpaired) electrons. The first-order valence-corrected chi connectivity index (χ1v) is 10.6. The number of imidazole rings is 1. The van der Waals surface area contributed by atoms with Crippen LogP contribution < -0.4 is 5.32 Å². The van der Waals surface area contributed by atoms with E-state index in [0.29, 0.717) is 24.9 Å². The number of aromatic nitrogens is 4. The van der Waals surface area contributed by atoms with E-state index in [9.17, 15) is 4.79 Å². The van der Waals surface area contributed by atoms with Gasteiger partial charge in [-0.3, -0.25) is 4.79 Å². The van der Waals surface area contributed by atoms with Crippen molar-refractivity contribution in [2.75, 3.05) is 24.8 Å². The number of nitrogens with one attached hydrogen (secondary N) is 1. The highest BCUT2D eigenvalue weighted by molar-refractivity contribution is 7.99. The van der Waals surface area contributed by atoms with Crippen LogP contribution in [-0.4, -0.2) is 44.7 Å². The number of amides is 1. The van der Waals surface area contributed by atoms with E-state index in [1.165, 1.54) is 24.6 Å². The molecule has 1 aromatic carbocycles. The lowest BCUT2D eigenvalue weighted by molar-refractivity contribution is -0.113. The first kappa shape index (κ1) is 19.0. The molecule has 2 heterocycles. The third-order valence-corrected chi connectivity index (χ3v) is 6.06. The Morgan fingerprint density at radius 3 is 2.93 bits per heavy atom. The average molecular weight is 400 g/mol. The molecule has 1 aliphatic rings. The van der Waals surface area contributed by atoms with Crippen LogP contribution in [0.3, 0.4) is 0 Å². The molecule has 8 heteroatoms. The molecule has 28 heavy (non-hydrogen) atoms. The van der Waals surface area contributed by atoms with E-state index in [0.717, 1.165) is 34.8 Å². The minimum atomic E-state index is -0.0462. The normalized spacial score (nSPS) is 14.8. The molecule has 0 atom stereocenters. The lowest BCUT2D eigenvalue weighted by Gasteiger charge is -2.14. The molecule has 1 saturated carbocycles. The van der Waals surface area contributed by atoms with Crippen LogP contribution >= 0.6 is 11.8 Å². The number of hydrogen-bond donors (Lipinski definition) is 1. The molecular weight excluding hydrogens is 374 g/mol. The second-order valence-electron chi connectivity index (χ2n) is 6.96. The topological polar surface area (TPSA) is 74.0 Å². The fourth-order valence-corrected chi connectivity index (χ4v) is 4.57. The Bertz CT molecular complexity index is 945. The summed E-state index contributed by atoms with van der Waals surface area (Å²) in [6.45, 7) is 1.30. The number of carbonyl (C=O) groups is 1. The Kier molecular flexibility index (Phi) is 5.97. The van der Waals surface area contributed by atoms with E-state index in [-0.39, 0.29) is 5.91 Å². The summed E-state index contributed by atoms with van der Waals surface area (Å²) in [5.74, 6) is 1.03. The zero-order valence-electron chi connectivity index (χ0n) is 16.0. The van der Waals surface area contributed by atoms with Crippen molar-refractivity contribution in [3.63, 3.8) is 0 Å². The van der Waals surface area contributed by atoms with E-state index in [1.54, 1.807) is 13.3 Å². The number of hydrogen-bond acceptors (Lipinski definition) is 5. The first-order valence-electron chi connectivity index (χ1n) is 9.66. The zero-order chi connectivity index (χ0) is 19.3. The van der Waals surface area contributed by atoms with Crippen LogP contribution in [0, 0.1) is 0 Å². The molecule has 1 N–H and O–H groups in total. The molecule has 1 aliphatic carbocycles. The smallest absolute Gasteiger partial charge is 0.235 e. The van der Waals surface area contributed by atoms with Crippen molar-refractivity contribution in [2.45, 2.75) is 43.4 Å². The highest BCUT2D eigenvalue weighted by Crippen LogP contribution is 2.31. The monoisotopic (exact) mass is 399 g/mol. The molecule has 0 unspecified atom stereocenters. The minimum absolute atomic E-state index is 0.0462. The first-order chi connectivity index (χ1) is 13.8. The molecule has 1 fully saturated rings. The predicted molar refractivity (Wildman–Crippen MR) is 111 cm³/mol. The predicted octanol–water partition coefficient (Wildman–Crippen LogP) is 3.73. The third-order valence-electron chi connectivity index (χ3n) is 5.08. The van der Waals surface area contributed by atoms with Crippen molar-refractivity contribution >= 4 is 34.5 Å². The van der Waals surface area contributed by atoms with Crippen LogP contribution in [-0.2, 0) is 16.1 Å². The molecule has 0 spiro atoms. The number of fused-ring (bicyclic) bond motifs is 1. The van der Waals surface area contributed by atoms with E-state index < -0.39 is 0 Å². The van der Waals surface area contributed by atoms with E-state index in [1.807, 2.05) is 35.0 Å². The number of methoxy groups -OCH3 is 1. The Morgan fingerprint density at radius 1 is 1.29 bits per heavy atom.